The monoisotopic (exact) mass is 206 g/mol. The molecule has 0 saturated heterocycles. The summed E-state index contributed by atoms with van der Waals surface area (Å²) in [5.41, 5.74) is 0.578. The van der Waals surface area contributed by atoms with Crippen LogP contribution < -0.4 is 4.74 Å². The molecule has 3 nitrogen and oxygen atoms in total. The molecule has 78 valence electrons. The van der Waals surface area contributed by atoms with E-state index in [0.717, 1.165) is 0 Å². The number of nitrogens with zero attached hydrogens (tertiary/aromatic N) is 2. The van der Waals surface area contributed by atoms with Gasteiger partial charge in [-0.05, 0) is 13.8 Å². The number of aromatic nitrogens is 2. The first-order valence-corrected chi connectivity index (χ1v) is 3.89. The highest BCUT2D eigenvalue weighted by atomic mass is 19.4. The maximum Gasteiger partial charge on any atom is 0.422 e. The summed E-state index contributed by atoms with van der Waals surface area (Å²) in [4.78, 5) is 7.61. The Morgan fingerprint density at radius 3 is 2.43 bits per heavy atom. The lowest BCUT2D eigenvalue weighted by Crippen LogP contribution is -2.19. The molecule has 0 N–H and O–H groups in total. The van der Waals surface area contributed by atoms with Gasteiger partial charge >= 0.3 is 6.18 Å². The quantitative estimate of drug-likeness (QED) is 0.742. The molecule has 0 radical (unpaired) electrons. The van der Waals surface area contributed by atoms with Crippen LogP contribution in [0.4, 0.5) is 13.2 Å². The first-order valence-electron chi connectivity index (χ1n) is 3.89. The van der Waals surface area contributed by atoms with Crippen molar-refractivity contribution >= 4 is 0 Å². The van der Waals surface area contributed by atoms with Gasteiger partial charge in [0.05, 0.1) is 0 Å². The molecule has 14 heavy (non-hydrogen) atoms. The average Bonchev–Trinajstić information content (AvgIpc) is 1.97. The van der Waals surface area contributed by atoms with E-state index in [1.807, 2.05) is 0 Å². The maximum atomic E-state index is 11.8. The van der Waals surface area contributed by atoms with E-state index in [1.165, 1.54) is 6.07 Å². The number of halogens is 3. The zero-order valence-corrected chi connectivity index (χ0v) is 7.72. The summed E-state index contributed by atoms with van der Waals surface area (Å²) in [7, 11) is 0. The topological polar surface area (TPSA) is 35.0 Å². The fourth-order valence-electron chi connectivity index (χ4n) is 0.913. The predicted octanol–water partition coefficient (Wildman–Crippen LogP) is 2.03. The second-order valence-electron chi connectivity index (χ2n) is 2.80. The van der Waals surface area contributed by atoms with E-state index < -0.39 is 12.8 Å². The lowest BCUT2D eigenvalue weighted by Gasteiger charge is -2.08. The van der Waals surface area contributed by atoms with Crippen LogP contribution >= 0.6 is 0 Å². The van der Waals surface area contributed by atoms with Crippen molar-refractivity contribution in [2.75, 3.05) is 6.61 Å². The molecule has 1 aromatic rings. The Morgan fingerprint density at radius 2 is 1.93 bits per heavy atom. The lowest BCUT2D eigenvalue weighted by atomic mass is 10.4. The van der Waals surface area contributed by atoms with Gasteiger partial charge in [-0.15, -0.1) is 0 Å². The van der Waals surface area contributed by atoms with Crippen LogP contribution in [0.15, 0.2) is 6.07 Å². The third-order valence-electron chi connectivity index (χ3n) is 1.33. The second-order valence-corrected chi connectivity index (χ2v) is 2.80. The fraction of sp³-hybridized carbons (Fsp3) is 0.500. The summed E-state index contributed by atoms with van der Waals surface area (Å²) < 4.78 is 39.8. The Balaban J connectivity index is 2.68. The summed E-state index contributed by atoms with van der Waals surface area (Å²) >= 11 is 0. The third-order valence-corrected chi connectivity index (χ3v) is 1.33. The smallest absolute Gasteiger partial charge is 0.422 e. The van der Waals surface area contributed by atoms with Gasteiger partial charge in [0.1, 0.15) is 5.82 Å². The third kappa shape index (κ3) is 3.59. The van der Waals surface area contributed by atoms with Crippen molar-refractivity contribution in [3.8, 4) is 5.88 Å². The van der Waals surface area contributed by atoms with Crippen molar-refractivity contribution in [2.45, 2.75) is 20.0 Å². The largest absolute Gasteiger partial charge is 0.468 e. The van der Waals surface area contributed by atoms with Gasteiger partial charge in [0.2, 0.25) is 5.88 Å². The molecule has 0 aliphatic carbocycles. The van der Waals surface area contributed by atoms with Crippen molar-refractivity contribution in [1.82, 2.24) is 9.97 Å². The highest BCUT2D eigenvalue weighted by molar-refractivity contribution is 5.14. The highest BCUT2D eigenvalue weighted by Gasteiger charge is 2.28. The van der Waals surface area contributed by atoms with E-state index in [1.54, 1.807) is 13.8 Å². The van der Waals surface area contributed by atoms with E-state index in [-0.39, 0.29) is 5.88 Å². The van der Waals surface area contributed by atoms with Crippen LogP contribution in [0, 0.1) is 13.8 Å². The van der Waals surface area contributed by atoms with Gasteiger partial charge in [-0.1, -0.05) is 0 Å². The van der Waals surface area contributed by atoms with Gasteiger partial charge < -0.3 is 4.74 Å². The molecule has 0 spiro atoms. The van der Waals surface area contributed by atoms with E-state index in [4.69, 9.17) is 0 Å². The van der Waals surface area contributed by atoms with Crippen LogP contribution in [-0.4, -0.2) is 22.8 Å². The van der Waals surface area contributed by atoms with Crippen LogP contribution in [0.3, 0.4) is 0 Å². The molecule has 0 fully saturated rings. The highest BCUT2D eigenvalue weighted by Crippen LogP contribution is 2.17. The van der Waals surface area contributed by atoms with Crippen LogP contribution in [0.1, 0.15) is 11.5 Å². The SMILES string of the molecule is Cc1cc(OCC(F)(F)F)nc(C)n1. The normalized spacial score (nSPS) is 11.5. The van der Waals surface area contributed by atoms with E-state index in [9.17, 15) is 13.2 Å². The average molecular weight is 206 g/mol. The summed E-state index contributed by atoms with van der Waals surface area (Å²) in [6, 6.07) is 1.36. The first kappa shape index (κ1) is 10.7. The molecule has 0 aliphatic heterocycles. The van der Waals surface area contributed by atoms with Gasteiger partial charge in [-0.3, -0.25) is 0 Å². The standard InChI is InChI=1S/C8H9F3N2O/c1-5-3-7(13-6(2)12-5)14-4-8(9,10)11/h3H,4H2,1-2H3. The van der Waals surface area contributed by atoms with Gasteiger partial charge in [-0.25, -0.2) is 4.98 Å². The number of hydrogen-bond acceptors (Lipinski definition) is 3. The molecule has 1 aromatic heterocycles. The molecule has 6 heteroatoms. The van der Waals surface area contributed by atoms with Crippen LogP contribution in [0.2, 0.25) is 0 Å². The van der Waals surface area contributed by atoms with Gasteiger partial charge in [0, 0.05) is 11.8 Å². The van der Waals surface area contributed by atoms with Crippen LogP contribution in [0.5, 0.6) is 5.88 Å². The molecule has 1 heterocycles. The van der Waals surface area contributed by atoms with E-state index in [2.05, 4.69) is 14.7 Å². The van der Waals surface area contributed by atoms with Gasteiger partial charge in [0.25, 0.3) is 0 Å². The molecule has 1 rings (SSSR count). The molecule has 0 saturated carbocycles. The Kier molecular flexibility index (Phi) is 2.93. The summed E-state index contributed by atoms with van der Waals surface area (Å²) in [6.45, 7) is 1.92. The maximum absolute atomic E-state index is 11.8. The number of aryl methyl sites for hydroxylation is 2. The van der Waals surface area contributed by atoms with E-state index in [0.29, 0.717) is 11.5 Å². The second kappa shape index (κ2) is 3.81. The molecule has 0 unspecified atom stereocenters. The zero-order valence-electron chi connectivity index (χ0n) is 7.72. The Hall–Kier alpha value is -1.33. The Morgan fingerprint density at radius 1 is 1.29 bits per heavy atom. The molecule has 0 atom stereocenters. The van der Waals surface area contributed by atoms with Crippen molar-refractivity contribution in [1.29, 1.82) is 0 Å². The minimum Gasteiger partial charge on any atom is -0.468 e. The first-order chi connectivity index (χ1) is 6.37. The Labute approximate surface area is 78.9 Å². The number of hydrogen-bond donors (Lipinski definition) is 0. The number of ether oxygens (including phenoxy) is 1. The van der Waals surface area contributed by atoms with Crippen molar-refractivity contribution in [3.05, 3.63) is 17.6 Å². The van der Waals surface area contributed by atoms with Crippen molar-refractivity contribution < 1.29 is 17.9 Å². The molecule has 0 aromatic carbocycles. The number of alkyl halides is 3. The van der Waals surface area contributed by atoms with Gasteiger partial charge in [0.15, 0.2) is 6.61 Å². The lowest BCUT2D eigenvalue weighted by molar-refractivity contribution is -0.154. The molecule has 0 amide bonds. The molecule has 0 bridgehead atoms. The van der Waals surface area contributed by atoms with E-state index >= 15 is 0 Å². The summed E-state index contributed by atoms with van der Waals surface area (Å²) in [5, 5.41) is 0. The predicted molar refractivity (Wildman–Crippen MR) is 43.1 cm³/mol. The van der Waals surface area contributed by atoms with Crippen molar-refractivity contribution in [3.63, 3.8) is 0 Å². The molecular weight excluding hydrogens is 197 g/mol. The molecular formula is C8H9F3N2O. The zero-order chi connectivity index (χ0) is 10.8. The van der Waals surface area contributed by atoms with Gasteiger partial charge in [-0.2, -0.15) is 18.2 Å². The summed E-state index contributed by atoms with van der Waals surface area (Å²) in [5.74, 6) is 0.342. The summed E-state index contributed by atoms with van der Waals surface area (Å²) in [6.07, 6.45) is -4.34. The molecule has 0 aliphatic rings. The van der Waals surface area contributed by atoms with Crippen molar-refractivity contribution in [2.24, 2.45) is 0 Å². The van der Waals surface area contributed by atoms with Crippen LogP contribution in [-0.2, 0) is 0 Å². The number of rotatable bonds is 2. The minimum atomic E-state index is -4.34. The van der Waals surface area contributed by atoms with Crippen LogP contribution in [0.25, 0.3) is 0 Å². The fourth-order valence-corrected chi connectivity index (χ4v) is 0.913. The minimum absolute atomic E-state index is 0.0488. The Bertz CT molecular complexity index is 305.